The molecule has 1 N–H and O–H groups in total. The minimum absolute atomic E-state index is 0.251. The lowest BCUT2D eigenvalue weighted by Crippen LogP contribution is -2.13. The Balaban J connectivity index is 2.02. The molecule has 0 atom stereocenters. The summed E-state index contributed by atoms with van der Waals surface area (Å²) < 4.78 is 1.62. The number of thiazole rings is 1. The summed E-state index contributed by atoms with van der Waals surface area (Å²) in [5.41, 5.74) is 1.56. The van der Waals surface area contributed by atoms with Crippen LogP contribution < -0.4 is 5.32 Å². The van der Waals surface area contributed by atoms with E-state index in [1.165, 1.54) is 17.4 Å². The lowest BCUT2D eigenvalue weighted by molar-refractivity contribution is -0.111. The zero-order chi connectivity index (χ0) is 15.2. The van der Waals surface area contributed by atoms with Gasteiger partial charge >= 0.3 is 0 Å². The van der Waals surface area contributed by atoms with Gasteiger partial charge in [0.25, 0.3) is 0 Å². The molecule has 0 aliphatic carbocycles. The van der Waals surface area contributed by atoms with Gasteiger partial charge in [-0.05, 0) is 19.9 Å². The predicted molar refractivity (Wildman–Crippen MR) is 81.7 cm³/mol. The molecule has 0 saturated heterocycles. The lowest BCUT2D eigenvalue weighted by Gasteiger charge is -2.04. The lowest BCUT2D eigenvalue weighted by atomic mass is 10.4. The Morgan fingerprint density at radius 2 is 2.38 bits per heavy atom. The predicted octanol–water partition coefficient (Wildman–Crippen LogP) is 2.52. The van der Waals surface area contributed by atoms with Crippen molar-refractivity contribution in [1.29, 1.82) is 5.26 Å². The Labute approximate surface area is 126 Å². The molecule has 1 amide bonds. The number of nitriles is 1. The molecule has 2 heterocycles. The van der Waals surface area contributed by atoms with Gasteiger partial charge in [0.05, 0.1) is 35.4 Å². The third-order valence-electron chi connectivity index (χ3n) is 2.63. The maximum absolute atomic E-state index is 11.9. The highest BCUT2D eigenvalue weighted by atomic mass is 32.1. The number of nitrogens with one attached hydrogen (secondary N) is 1. The molecule has 2 aromatic heterocycles. The number of rotatable bonds is 5. The minimum atomic E-state index is -0.251. The fraction of sp³-hybridized carbons (Fsp3) is 0.286. The minimum Gasteiger partial charge on any atom is -0.307 e. The first-order chi connectivity index (χ1) is 10.1. The maximum atomic E-state index is 11.9. The van der Waals surface area contributed by atoms with Crippen molar-refractivity contribution >= 4 is 29.1 Å². The second-order valence-corrected chi connectivity index (χ2v) is 5.48. The molecule has 0 saturated carbocycles. The van der Waals surface area contributed by atoms with E-state index < -0.39 is 0 Å². The van der Waals surface area contributed by atoms with Crippen molar-refractivity contribution in [3.8, 4) is 6.07 Å². The first-order valence-electron chi connectivity index (χ1n) is 6.41. The SMILES string of the molecule is Cc1cc(NC(=O)C=Cc2csc(C)n2)n(CCC#N)n1. The number of anilines is 1. The van der Waals surface area contributed by atoms with Crippen molar-refractivity contribution in [3.05, 3.63) is 33.9 Å². The molecule has 0 aliphatic heterocycles. The molecular weight excluding hydrogens is 286 g/mol. The molecule has 0 aliphatic rings. The van der Waals surface area contributed by atoms with E-state index in [9.17, 15) is 4.79 Å². The smallest absolute Gasteiger partial charge is 0.249 e. The Morgan fingerprint density at radius 3 is 3.05 bits per heavy atom. The van der Waals surface area contributed by atoms with Gasteiger partial charge in [-0.2, -0.15) is 10.4 Å². The van der Waals surface area contributed by atoms with Gasteiger partial charge in [0, 0.05) is 17.5 Å². The number of hydrogen-bond donors (Lipinski definition) is 1. The normalized spacial score (nSPS) is 10.7. The topological polar surface area (TPSA) is 83.6 Å². The number of hydrogen-bond acceptors (Lipinski definition) is 5. The Morgan fingerprint density at radius 1 is 1.57 bits per heavy atom. The Hall–Kier alpha value is -2.46. The van der Waals surface area contributed by atoms with Gasteiger partial charge in [-0.1, -0.05) is 0 Å². The first-order valence-corrected chi connectivity index (χ1v) is 7.29. The van der Waals surface area contributed by atoms with Crippen molar-refractivity contribution in [1.82, 2.24) is 14.8 Å². The summed E-state index contributed by atoms with van der Waals surface area (Å²) in [6.45, 7) is 4.21. The first kappa shape index (κ1) is 14.9. The third kappa shape index (κ3) is 4.26. The summed E-state index contributed by atoms with van der Waals surface area (Å²) >= 11 is 1.54. The van der Waals surface area contributed by atoms with E-state index in [0.717, 1.165) is 16.4 Å². The molecule has 0 unspecified atom stereocenters. The van der Waals surface area contributed by atoms with Crippen LogP contribution in [0.5, 0.6) is 0 Å². The zero-order valence-electron chi connectivity index (χ0n) is 11.8. The van der Waals surface area contributed by atoms with E-state index in [0.29, 0.717) is 18.8 Å². The van der Waals surface area contributed by atoms with Crippen LogP contribution in [0.2, 0.25) is 0 Å². The number of aromatic nitrogens is 3. The van der Waals surface area contributed by atoms with Crippen LogP contribution in [-0.2, 0) is 11.3 Å². The van der Waals surface area contributed by atoms with Crippen LogP contribution in [0, 0.1) is 25.2 Å². The summed E-state index contributed by atoms with van der Waals surface area (Å²) in [5.74, 6) is 0.339. The summed E-state index contributed by atoms with van der Waals surface area (Å²) in [5, 5.41) is 18.5. The van der Waals surface area contributed by atoms with Crippen molar-refractivity contribution in [2.75, 3.05) is 5.32 Å². The van der Waals surface area contributed by atoms with E-state index >= 15 is 0 Å². The van der Waals surface area contributed by atoms with Crippen molar-refractivity contribution in [2.45, 2.75) is 26.8 Å². The molecule has 0 radical (unpaired) electrons. The monoisotopic (exact) mass is 301 g/mol. The van der Waals surface area contributed by atoms with E-state index in [1.54, 1.807) is 16.8 Å². The second kappa shape index (κ2) is 6.81. The summed E-state index contributed by atoms with van der Waals surface area (Å²) in [6.07, 6.45) is 3.45. The average Bonchev–Trinajstić information content (AvgIpc) is 3.00. The van der Waals surface area contributed by atoms with Crippen LogP contribution in [0.3, 0.4) is 0 Å². The molecule has 0 fully saturated rings. The maximum Gasteiger partial charge on any atom is 0.249 e. The number of nitrogens with zero attached hydrogens (tertiary/aromatic N) is 4. The molecule has 0 spiro atoms. The number of carbonyl (C=O) groups excluding carboxylic acids is 1. The van der Waals surface area contributed by atoms with Crippen LogP contribution in [-0.4, -0.2) is 20.7 Å². The van der Waals surface area contributed by atoms with E-state index in [2.05, 4.69) is 21.5 Å². The third-order valence-corrected chi connectivity index (χ3v) is 3.42. The standard InChI is InChI=1S/C14H15N5OS/c1-10-8-13(19(18-10)7-3-6-15)17-14(20)5-4-12-9-21-11(2)16-12/h4-5,8-9H,3,7H2,1-2H3,(H,17,20). The summed E-state index contributed by atoms with van der Waals surface area (Å²) in [4.78, 5) is 16.1. The van der Waals surface area contributed by atoms with Crippen LogP contribution in [0.1, 0.15) is 22.8 Å². The fourth-order valence-corrected chi connectivity index (χ4v) is 2.34. The zero-order valence-corrected chi connectivity index (χ0v) is 12.6. The molecule has 7 heteroatoms. The highest BCUT2D eigenvalue weighted by Gasteiger charge is 2.07. The van der Waals surface area contributed by atoms with E-state index in [4.69, 9.17) is 5.26 Å². The quantitative estimate of drug-likeness (QED) is 0.860. The Bertz CT molecular complexity index is 707. The van der Waals surface area contributed by atoms with Crippen molar-refractivity contribution in [2.24, 2.45) is 0 Å². The molecule has 2 aromatic rings. The molecular formula is C14H15N5OS. The average molecular weight is 301 g/mol. The largest absolute Gasteiger partial charge is 0.307 e. The molecule has 6 nitrogen and oxygen atoms in total. The molecule has 0 bridgehead atoms. The highest BCUT2D eigenvalue weighted by molar-refractivity contribution is 7.09. The molecule has 108 valence electrons. The van der Waals surface area contributed by atoms with Gasteiger partial charge in [0.1, 0.15) is 5.82 Å². The summed E-state index contributed by atoms with van der Waals surface area (Å²) in [7, 11) is 0. The van der Waals surface area contributed by atoms with Gasteiger partial charge in [-0.15, -0.1) is 11.3 Å². The number of carbonyl (C=O) groups is 1. The van der Waals surface area contributed by atoms with Crippen LogP contribution in [0.15, 0.2) is 17.5 Å². The van der Waals surface area contributed by atoms with Crippen LogP contribution >= 0.6 is 11.3 Å². The summed E-state index contributed by atoms with van der Waals surface area (Å²) in [6, 6.07) is 3.83. The molecule has 2 rings (SSSR count). The fourth-order valence-electron chi connectivity index (χ4n) is 1.76. The molecule has 0 aromatic carbocycles. The van der Waals surface area contributed by atoms with Gasteiger partial charge in [-0.25, -0.2) is 9.67 Å². The van der Waals surface area contributed by atoms with Crippen molar-refractivity contribution in [3.63, 3.8) is 0 Å². The van der Waals surface area contributed by atoms with Gasteiger partial charge in [0.2, 0.25) is 5.91 Å². The Kier molecular flexibility index (Phi) is 4.85. The van der Waals surface area contributed by atoms with Crippen LogP contribution in [0.25, 0.3) is 6.08 Å². The van der Waals surface area contributed by atoms with E-state index in [1.807, 2.05) is 19.2 Å². The number of amides is 1. The van der Waals surface area contributed by atoms with Gasteiger partial charge in [-0.3, -0.25) is 4.79 Å². The van der Waals surface area contributed by atoms with E-state index in [-0.39, 0.29) is 5.91 Å². The van der Waals surface area contributed by atoms with Gasteiger partial charge < -0.3 is 5.32 Å². The molecule has 21 heavy (non-hydrogen) atoms. The number of aryl methyl sites for hydroxylation is 3. The highest BCUT2D eigenvalue weighted by Crippen LogP contribution is 2.12. The van der Waals surface area contributed by atoms with Gasteiger partial charge in [0.15, 0.2) is 0 Å². The van der Waals surface area contributed by atoms with Crippen LogP contribution in [0.4, 0.5) is 5.82 Å². The second-order valence-electron chi connectivity index (χ2n) is 4.42. The van der Waals surface area contributed by atoms with Crippen molar-refractivity contribution < 1.29 is 4.79 Å².